The highest BCUT2D eigenvalue weighted by Gasteiger charge is 2.08. The second-order valence-corrected chi connectivity index (χ2v) is 5.32. The second kappa shape index (κ2) is 6.35. The van der Waals surface area contributed by atoms with Gasteiger partial charge in [0.15, 0.2) is 0 Å². The van der Waals surface area contributed by atoms with Gasteiger partial charge in [-0.1, -0.05) is 46.9 Å². The van der Waals surface area contributed by atoms with Crippen molar-refractivity contribution in [1.29, 1.82) is 0 Å². The number of rotatable bonds is 3. The van der Waals surface area contributed by atoms with Gasteiger partial charge in [-0.2, -0.15) is 5.10 Å². The van der Waals surface area contributed by atoms with Crippen molar-refractivity contribution >= 4 is 46.2 Å². The van der Waals surface area contributed by atoms with Gasteiger partial charge in [0.25, 0.3) is 0 Å². The Morgan fingerprint density at radius 2 is 1.70 bits per heavy atom. The van der Waals surface area contributed by atoms with Crippen LogP contribution in [0.25, 0.3) is 0 Å². The first-order valence-corrected chi connectivity index (χ1v) is 6.85. The molecule has 0 amide bonds. The number of halogens is 3. The van der Waals surface area contributed by atoms with E-state index in [1.54, 1.807) is 37.3 Å². The molecule has 0 aliphatic carbocycles. The topological polar surface area (TPSA) is 44.6 Å². The summed E-state index contributed by atoms with van der Waals surface area (Å²) in [5.41, 5.74) is 4.48. The van der Waals surface area contributed by atoms with Gasteiger partial charge in [0, 0.05) is 10.6 Å². The van der Waals surface area contributed by atoms with Gasteiger partial charge < -0.3 is 5.11 Å². The van der Waals surface area contributed by atoms with Gasteiger partial charge in [0.1, 0.15) is 5.75 Å². The number of anilines is 1. The van der Waals surface area contributed by atoms with Gasteiger partial charge in [-0.05, 0) is 31.2 Å². The zero-order chi connectivity index (χ0) is 14.7. The third kappa shape index (κ3) is 3.37. The maximum atomic E-state index is 9.75. The zero-order valence-electron chi connectivity index (χ0n) is 10.5. The zero-order valence-corrected chi connectivity index (χ0v) is 12.8. The number of phenolic OH excluding ortho intramolecular Hbond substituents is 1. The molecule has 0 atom stereocenters. The number of benzene rings is 2. The smallest absolute Gasteiger partial charge is 0.124 e. The molecule has 0 aromatic heterocycles. The van der Waals surface area contributed by atoms with Gasteiger partial charge in [-0.3, -0.25) is 5.43 Å². The number of hydrogen-bond acceptors (Lipinski definition) is 3. The van der Waals surface area contributed by atoms with Gasteiger partial charge >= 0.3 is 0 Å². The van der Waals surface area contributed by atoms with E-state index in [2.05, 4.69) is 10.5 Å². The van der Waals surface area contributed by atoms with Crippen molar-refractivity contribution in [2.75, 3.05) is 5.43 Å². The van der Waals surface area contributed by atoms with Crippen LogP contribution in [0.3, 0.4) is 0 Å². The summed E-state index contributed by atoms with van der Waals surface area (Å²) in [6, 6.07) is 10.1. The number of hydrazone groups is 1. The standard InChI is InChI=1S/C14H11Cl3N2O/c1-8(10-4-2-3-5-13(10)20)18-19-14-11(16)6-9(15)7-12(14)17/h2-7,19-20H,1H3/b18-8-. The highest BCUT2D eigenvalue weighted by molar-refractivity contribution is 6.41. The average Bonchev–Trinajstić information content (AvgIpc) is 2.37. The molecule has 0 aliphatic heterocycles. The van der Waals surface area contributed by atoms with Crippen molar-refractivity contribution in [2.24, 2.45) is 5.10 Å². The maximum Gasteiger partial charge on any atom is 0.124 e. The Balaban J connectivity index is 2.28. The molecule has 20 heavy (non-hydrogen) atoms. The summed E-state index contributed by atoms with van der Waals surface area (Å²) < 4.78 is 0. The summed E-state index contributed by atoms with van der Waals surface area (Å²) in [6.07, 6.45) is 0. The average molecular weight is 330 g/mol. The number of nitrogens with one attached hydrogen (secondary N) is 1. The molecule has 0 saturated heterocycles. The Morgan fingerprint density at radius 1 is 1.10 bits per heavy atom. The van der Waals surface area contributed by atoms with E-state index < -0.39 is 0 Å². The van der Waals surface area contributed by atoms with Gasteiger partial charge in [0.2, 0.25) is 0 Å². The third-order valence-electron chi connectivity index (χ3n) is 2.64. The van der Waals surface area contributed by atoms with Crippen LogP contribution in [-0.2, 0) is 0 Å². The largest absolute Gasteiger partial charge is 0.507 e. The third-order valence-corrected chi connectivity index (χ3v) is 3.45. The van der Waals surface area contributed by atoms with Crippen molar-refractivity contribution in [3.8, 4) is 5.75 Å². The quantitative estimate of drug-likeness (QED) is 0.601. The van der Waals surface area contributed by atoms with Crippen LogP contribution >= 0.6 is 34.8 Å². The first-order chi connectivity index (χ1) is 9.49. The summed E-state index contributed by atoms with van der Waals surface area (Å²) in [7, 11) is 0. The Kier molecular flexibility index (Phi) is 4.76. The summed E-state index contributed by atoms with van der Waals surface area (Å²) in [4.78, 5) is 0. The van der Waals surface area contributed by atoms with Crippen molar-refractivity contribution in [2.45, 2.75) is 6.92 Å². The van der Waals surface area contributed by atoms with E-state index in [9.17, 15) is 5.11 Å². The van der Waals surface area contributed by atoms with E-state index in [1.165, 1.54) is 0 Å². The van der Waals surface area contributed by atoms with Crippen LogP contribution in [0.4, 0.5) is 5.69 Å². The number of nitrogens with zero attached hydrogens (tertiary/aromatic N) is 1. The van der Waals surface area contributed by atoms with Crippen LogP contribution in [0.15, 0.2) is 41.5 Å². The van der Waals surface area contributed by atoms with Crippen molar-refractivity contribution in [3.63, 3.8) is 0 Å². The summed E-state index contributed by atoms with van der Waals surface area (Å²) in [5, 5.41) is 15.1. The molecule has 6 heteroatoms. The molecular weight excluding hydrogens is 319 g/mol. The lowest BCUT2D eigenvalue weighted by molar-refractivity contribution is 0.474. The molecule has 0 aliphatic rings. The summed E-state index contributed by atoms with van der Waals surface area (Å²) in [6.45, 7) is 1.76. The van der Waals surface area contributed by atoms with E-state index in [1.807, 2.05) is 6.07 Å². The minimum atomic E-state index is 0.156. The molecule has 3 nitrogen and oxygen atoms in total. The maximum absolute atomic E-state index is 9.75. The highest BCUT2D eigenvalue weighted by Crippen LogP contribution is 2.33. The van der Waals surface area contributed by atoms with Gasteiger partial charge in [-0.25, -0.2) is 0 Å². The molecule has 2 aromatic rings. The lowest BCUT2D eigenvalue weighted by atomic mass is 10.1. The number of para-hydroxylation sites is 1. The van der Waals surface area contributed by atoms with Gasteiger partial charge in [-0.15, -0.1) is 0 Å². The Hall–Kier alpha value is -1.42. The lowest BCUT2D eigenvalue weighted by Crippen LogP contribution is -2.00. The predicted molar refractivity (Wildman–Crippen MR) is 85.4 cm³/mol. The molecule has 0 heterocycles. The van der Waals surface area contributed by atoms with E-state index in [0.717, 1.165) is 0 Å². The Labute approximate surface area is 131 Å². The molecule has 0 fully saturated rings. The van der Waals surface area contributed by atoms with E-state index >= 15 is 0 Å². The molecule has 104 valence electrons. The molecule has 0 spiro atoms. The molecule has 0 saturated carbocycles. The predicted octanol–water partition coefficient (Wildman–Crippen LogP) is 5.19. The minimum absolute atomic E-state index is 0.156. The van der Waals surface area contributed by atoms with Crippen LogP contribution in [0.2, 0.25) is 15.1 Å². The molecule has 0 radical (unpaired) electrons. The number of aromatic hydroxyl groups is 1. The molecule has 0 unspecified atom stereocenters. The van der Waals surface area contributed by atoms with Gasteiger partial charge in [0.05, 0.1) is 21.4 Å². The fraction of sp³-hybridized carbons (Fsp3) is 0.0714. The number of hydrogen-bond donors (Lipinski definition) is 2. The van der Waals surface area contributed by atoms with Crippen LogP contribution in [0, 0.1) is 0 Å². The minimum Gasteiger partial charge on any atom is -0.507 e. The van der Waals surface area contributed by atoms with Crippen LogP contribution in [0.1, 0.15) is 12.5 Å². The Morgan fingerprint density at radius 3 is 2.30 bits per heavy atom. The molecule has 2 rings (SSSR count). The van der Waals surface area contributed by atoms with Crippen molar-refractivity contribution in [1.82, 2.24) is 0 Å². The molecule has 0 bridgehead atoms. The van der Waals surface area contributed by atoms with Crippen molar-refractivity contribution in [3.05, 3.63) is 57.0 Å². The Bertz CT molecular complexity index is 648. The summed E-state index contributed by atoms with van der Waals surface area (Å²) in [5.74, 6) is 0.156. The van der Waals surface area contributed by atoms with Crippen LogP contribution in [0.5, 0.6) is 5.75 Å². The molecular formula is C14H11Cl3N2O. The lowest BCUT2D eigenvalue weighted by Gasteiger charge is -2.09. The monoisotopic (exact) mass is 328 g/mol. The van der Waals surface area contributed by atoms with E-state index in [-0.39, 0.29) is 5.75 Å². The fourth-order valence-electron chi connectivity index (χ4n) is 1.63. The normalized spacial score (nSPS) is 11.5. The highest BCUT2D eigenvalue weighted by atomic mass is 35.5. The molecule has 2 N–H and O–H groups in total. The second-order valence-electron chi connectivity index (χ2n) is 4.07. The first kappa shape index (κ1) is 15.0. The SMILES string of the molecule is C/C(=N/Nc1c(Cl)cc(Cl)cc1Cl)c1ccccc1O. The first-order valence-electron chi connectivity index (χ1n) is 5.72. The van der Waals surface area contributed by atoms with Crippen LogP contribution in [-0.4, -0.2) is 10.8 Å². The summed E-state index contributed by atoms with van der Waals surface area (Å²) >= 11 is 17.9. The molecule has 2 aromatic carbocycles. The van der Waals surface area contributed by atoms with Crippen LogP contribution < -0.4 is 5.43 Å². The van der Waals surface area contributed by atoms with E-state index in [0.29, 0.717) is 32.0 Å². The fourth-order valence-corrected chi connectivity index (χ4v) is 2.53. The number of phenols is 1. The van der Waals surface area contributed by atoms with Crippen molar-refractivity contribution < 1.29 is 5.11 Å². The van der Waals surface area contributed by atoms with E-state index in [4.69, 9.17) is 34.8 Å².